The number of ether oxygens (including phenoxy) is 1. The van der Waals surface area contributed by atoms with E-state index in [-0.39, 0.29) is 0 Å². The van der Waals surface area contributed by atoms with E-state index >= 15 is 0 Å². The maximum atomic E-state index is 12.0. The standard InChI is InChI=1S/C22H19ClN2O3/c1-15-2-8-18(9-3-15)24-21(26)22(27)25-19-10-12-20(13-11-19)28-14-16-4-6-17(23)7-5-16/h2-13H,14H2,1H3,(H,24,26)(H,25,27). The van der Waals surface area contributed by atoms with Crippen LogP contribution in [0.2, 0.25) is 5.02 Å². The van der Waals surface area contributed by atoms with Crippen LogP contribution in [0.15, 0.2) is 72.8 Å². The maximum absolute atomic E-state index is 12.0. The first-order chi connectivity index (χ1) is 13.5. The smallest absolute Gasteiger partial charge is 0.314 e. The van der Waals surface area contributed by atoms with E-state index in [9.17, 15) is 9.59 Å². The average molecular weight is 395 g/mol. The van der Waals surface area contributed by atoms with E-state index in [4.69, 9.17) is 16.3 Å². The fourth-order valence-electron chi connectivity index (χ4n) is 2.39. The number of nitrogens with one attached hydrogen (secondary N) is 2. The van der Waals surface area contributed by atoms with Crippen LogP contribution < -0.4 is 15.4 Å². The number of carbonyl (C=O) groups excluding carboxylic acids is 2. The van der Waals surface area contributed by atoms with Crippen LogP contribution in [0.1, 0.15) is 11.1 Å². The van der Waals surface area contributed by atoms with E-state index < -0.39 is 11.8 Å². The number of aryl methyl sites for hydroxylation is 1. The molecule has 0 fully saturated rings. The molecule has 0 bridgehead atoms. The Balaban J connectivity index is 1.51. The fourth-order valence-corrected chi connectivity index (χ4v) is 2.52. The molecule has 3 aromatic rings. The third kappa shape index (κ3) is 5.59. The molecule has 142 valence electrons. The summed E-state index contributed by atoms with van der Waals surface area (Å²) in [6.07, 6.45) is 0. The van der Waals surface area contributed by atoms with Crippen LogP contribution in [0.5, 0.6) is 5.75 Å². The van der Waals surface area contributed by atoms with E-state index in [1.807, 2.05) is 31.2 Å². The molecule has 0 unspecified atom stereocenters. The molecule has 5 nitrogen and oxygen atoms in total. The first-order valence-corrected chi connectivity index (χ1v) is 9.04. The molecule has 3 aromatic carbocycles. The maximum Gasteiger partial charge on any atom is 0.314 e. The summed E-state index contributed by atoms with van der Waals surface area (Å²) in [5.41, 5.74) is 3.13. The van der Waals surface area contributed by atoms with Crippen molar-refractivity contribution in [1.29, 1.82) is 0 Å². The monoisotopic (exact) mass is 394 g/mol. The van der Waals surface area contributed by atoms with Crippen molar-refractivity contribution in [1.82, 2.24) is 0 Å². The molecule has 0 spiro atoms. The highest BCUT2D eigenvalue weighted by atomic mass is 35.5. The van der Waals surface area contributed by atoms with Crippen molar-refractivity contribution in [2.45, 2.75) is 13.5 Å². The Morgan fingerprint density at radius 2 is 1.29 bits per heavy atom. The molecule has 2 amide bonds. The molecule has 0 aliphatic carbocycles. The van der Waals surface area contributed by atoms with Gasteiger partial charge in [0.25, 0.3) is 0 Å². The molecule has 0 saturated heterocycles. The normalized spacial score (nSPS) is 10.2. The van der Waals surface area contributed by atoms with E-state index in [2.05, 4.69) is 10.6 Å². The first kappa shape index (κ1) is 19.5. The van der Waals surface area contributed by atoms with Crippen LogP contribution in [0.25, 0.3) is 0 Å². The number of rotatable bonds is 5. The number of hydrogen-bond donors (Lipinski definition) is 2. The number of anilines is 2. The lowest BCUT2D eigenvalue weighted by atomic mass is 10.2. The van der Waals surface area contributed by atoms with E-state index in [0.29, 0.717) is 28.8 Å². The van der Waals surface area contributed by atoms with E-state index in [1.165, 1.54) is 0 Å². The molecule has 3 rings (SSSR count). The number of benzene rings is 3. The second kappa shape index (κ2) is 9.06. The second-order valence-electron chi connectivity index (χ2n) is 6.21. The van der Waals surface area contributed by atoms with Gasteiger partial charge in [-0.15, -0.1) is 0 Å². The molecular weight excluding hydrogens is 376 g/mol. The summed E-state index contributed by atoms with van der Waals surface area (Å²) in [5.74, 6) is -0.820. The van der Waals surface area contributed by atoms with Gasteiger partial charge in [0, 0.05) is 16.4 Å². The molecular formula is C22H19ClN2O3. The summed E-state index contributed by atoms with van der Waals surface area (Å²) in [4.78, 5) is 24.0. The Hall–Kier alpha value is -3.31. The van der Waals surface area contributed by atoms with Crippen molar-refractivity contribution < 1.29 is 14.3 Å². The lowest BCUT2D eigenvalue weighted by Crippen LogP contribution is -2.29. The average Bonchev–Trinajstić information content (AvgIpc) is 2.70. The highest BCUT2D eigenvalue weighted by Gasteiger charge is 2.14. The molecule has 6 heteroatoms. The van der Waals surface area contributed by atoms with Gasteiger partial charge in [0.2, 0.25) is 0 Å². The summed E-state index contributed by atoms with van der Waals surface area (Å²) in [6, 6.07) is 21.4. The van der Waals surface area contributed by atoms with Crippen LogP contribution in [0.4, 0.5) is 11.4 Å². The van der Waals surface area contributed by atoms with Crippen LogP contribution in [0.3, 0.4) is 0 Å². The lowest BCUT2D eigenvalue weighted by Gasteiger charge is -2.09. The Labute approximate surface area is 168 Å². The number of amides is 2. The third-order valence-corrected chi connectivity index (χ3v) is 4.20. The van der Waals surface area contributed by atoms with Crippen LogP contribution in [-0.2, 0) is 16.2 Å². The van der Waals surface area contributed by atoms with Crippen molar-refractivity contribution in [3.63, 3.8) is 0 Å². The molecule has 0 aliphatic rings. The van der Waals surface area contributed by atoms with Gasteiger partial charge < -0.3 is 15.4 Å². The zero-order valence-corrected chi connectivity index (χ0v) is 16.0. The van der Waals surface area contributed by atoms with E-state index in [0.717, 1.165) is 11.1 Å². The molecule has 0 aromatic heterocycles. The third-order valence-electron chi connectivity index (χ3n) is 3.95. The van der Waals surface area contributed by atoms with Crippen LogP contribution >= 0.6 is 11.6 Å². The first-order valence-electron chi connectivity index (χ1n) is 8.66. The van der Waals surface area contributed by atoms with Crippen LogP contribution in [0, 0.1) is 6.92 Å². The Bertz CT molecular complexity index is 953. The van der Waals surface area contributed by atoms with Gasteiger partial charge in [0.05, 0.1) is 0 Å². The quantitative estimate of drug-likeness (QED) is 0.610. The lowest BCUT2D eigenvalue weighted by molar-refractivity contribution is -0.132. The molecule has 0 saturated carbocycles. The number of hydrogen-bond acceptors (Lipinski definition) is 3. The molecule has 0 atom stereocenters. The van der Waals surface area contributed by atoms with Gasteiger partial charge in [0.15, 0.2) is 0 Å². The topological polar surface area (TPSA) is 67.4 Å². The van der Waals surface area contributed by atoms with Crippen LogP contribution in [-0.4, -0.2) is 11.8 Å². The highest BCUT2D eigenvalue weighted by Crippen LogP contribution is 2.18. The predicted molar refractivity (Wildman–Crippen MR) is 111 cm³/mol. The SMILES string of the molecule is Cc1ccc(NC(=O)C(=O)Nc2ccc(OCc3ccc(Cl)cc3)cc2)cc1. The highest BCUT2D eigenvalue weighted by molar-refractivity contribution is 6.43. The minimum absolute atomic E-state index is 0.405. The number of carbonyl (C=O) groups is 2. The summed E-state index contributed by atoms with van der Waals surface area (Å²) in [7, 11) is 0. The van der Waals surface area contributed by atoms with Gasteiger partial charge in [-0.25, -0.2) is 0 Å². The second-order valence-corrected chi connectivity index (χ2v) is 6.65. The molecule has 0 aliphatic heterocycles. The predicted octanol–water partition coefficient (Wildman–Crippen LogP) is 4.80. The molecule has 0 heterocycles. The van der Waals surface area contributed by atoms with Crippen molar-refractivity contribution in [2.75, 3.05) is 10.6 Å². The summed E-state index contributed by atoms with van der Waals surface area (Å²) < 4.78 is 5.69. The van der Waals surface area contributed by atoms with Crippen molar-refractivity contribution in [3.8, 4) is 5.75 Å². The van der Waals surface area contributed by atoms with Gasteiger partial charge in [-0.1, -0.05) is 41.4 Å². The van der Waals surface area contributed by atoms with Crippen molar-refractivity contribution in [2.24, 2.45) is 0 Å². The summed E-state index contributed by atoms with van der Waals surface area (Å²) in [5, 5.41) is 5.79. The molecule has 2 N–H and O–H groups in total. The Morgan fingerprint density at radius 1 is 0.786 bits per heavy atom. The number of halogens is 1. The van der Waals surface area contributed by atoms with Gasteiger partial charge in [0.1, 0.15) is 12.4 Å². The largest absolute Gasteiger partial charge is 0.489 e. The summed E-state index contributed by atoms with van der Waals surface area (Å²) >= 11 is 5.86. The minimum Gasteiger partial charge on any atom is -0.489 e. The summed E-state index contributed by atoms with van der Waals surface area (Å²) in [6.45, 7) is 2.35. The minimum atomic E-state index is -0.740. The van der Waals surface area contributed by atoms with E-state index in [1.54, 1.807) is 48.5 Å². The van der Waals surface area contributed by atoms with Gasteiger partial charge in [-0.3, -0.25) is 9.59 Å². The zero-order chi connectivity index (χ0) is 19.9. The van der Waals surface area contributed by atoms with Crippen molar-refractivity contribution in [3.05, 3.63) is 88.9 Å². The Morgan fingerprint density at radius 3 is 1.82 bits per heavy atom. The van der Waals surface area contributed by atoms with Crippen molar-refractivity contribution >= 4 is 34.8 Å². The Kier molecular flexibility index (Phi) is 6.29. The van der Waals surface area contributed by atoms with Gasteiger partial charge in [-0.05, 0) is 61.0 Å². The molecule has 0 radical (unpaired) electrons. The van der Waals surface area contributed by atoms with Gasteiger partial charge >= 0.3 is 11.8 Å². The fraction of sp³-hybridized carbons (Fsp3) is 0.0909. The molecule has 28 heavy (non-hydrogen) atoms. The van der Waals surface area contributed by atoms with Gasteiger partial charge in [-0.2, -0.15) is 0 Å². The zero-order valence-electron chi connectivity index (χ0n) is 15.2.